The summed E-state index contributed by atoms with van der Waals surface area (Å²) in [6.07, 6.45) is 5.37. The molecule has 1 atom stereocenters. The number of hydrogen-bond donors (Lipinski definition) is 1. The fourth-order valence-corrected chi connectivity index (χ4v) is 3.11. The van der Waals surface area contributed by atoms with Gasteiger partial charge in [-0.25, -0.2) is 0 Å². The Kier molecular flexibility index (Phi) is 2.37. The summed E-state index contributed by atoms with van der Waals surface area (Å²) >= 11 is 0. The summed E-state index contributed by atoms with van der Waals surface area (Å²) in [6.45, 7) is 8.12. The molecule has 2 nitrogen and oxygen atoms in total. The molecule has 0 aromatic rings. The molecule has 0 radical (unpaired) electrons. The molecular weight excluding hydrogens is 162 g/mol. The van der Waals surface area contributed by atoms with E-state index in [0.29, 0.717) is 5.41 Å². The zero-order chi connectivity index (χ0) is 9.36. The monoisotopic (exact) mass is 184 g/mol. The van der Waals surface area contributed by atoms with Gasteiger partial charge >= 0.3 is 0 Å². The average molecular weight is 184 g/mol. The Morgan fingerprint density at radius 1 is 1.23 bits per heavy atom. The van der Waals surface area contributed by atoms with E-state index in [1.54, 1.807) is 0 Å². The van der Waals surface area contributed by atoms with Gasteiger partial charge in [-0.3, -0.25) is 0 Å². The fraction of sp³-hybridized carbons (Fsp3) is 1.00. The Hall–Kier alpha value is -0.0800. The van der Waals surface area contributed by atoms with E-state index >= 15 is 0 Å². The van der Waals surface area contributed by atoms with Crippen LogP contribution in [0.5, 0.6) is 0 Å². The first-order valence-electron chi connectivity index (χ1n) is 5.58. The highest BCUT2D eigenvalue weighted by Gasteiger charge is 2.43. The molecule has 13 heavy (non-hydrogen) atoms. The van der Waals surface area contributed by atoms with Crippen molar-refractivity contribution in [2.45, 2.75) is 45.1 Å². The van der Waals surface area contributed by atoms with Crippen molar-refractivity contribution in [2.24, 2.45) is 5.41 Å². The van der Waals surface area contributed by atoms with Crippen LogP contribution in [-0.4, -0.2) is 25.3 Å². The first-order chi connectivity index (χ1) is 6.12. The Labute approximate surface area is 81.0 Å². The maximum absolute atomic E-state index is 5.78. The lowest BCUT2D eigenvalue weighted by Crippen LogP contribution is -2.89. The second-order valence-electron chi connectivity index (χ2n) is 5.42. The van der Waals surface area contributed by atoms with Crippen LogP contribution in [-0.2, 0) is 4.74 Å². The van der Waals surface area contributed by atoms with Crippen LogP contribution in [0, 0.1) is 5.41 Å². The summed E-state index contributed by atoms with van der Waals surface area (Å²) in [5.74, 6) is 0. The molecule has 2 N–H and O–H groups in total. The number of ether oxygens (including phenoxy) is 1. The van der Waals surface area contributed by atoms with Crippen molar-refractivity contribution in [3.8, 4) is 0 Å². The number of quaternary nitrogens is 1. The third kappa shape index (κ3) is 2.05. The summed E-state index contributed by atoms with van der Waals surface area (Å²) in [4.78, 5) is 0. The summed E-state index contributed by atoms with van der Waals surface area (Å²) in [5.41, 5.74) is 0.740. The molecule has 2 heteroatoms. The topological polar surface area (TPSA) is 25.8 Å². The van der Waals surface area contributed by atoms with E-state index in [2.05, 4.69) is 19.2 Å². The molecule has 1 spiro atoms. The number of rotatable bonds is 0. The van der Waals surface area contributed by atoms with E-state index in [1.165, 1.54) is 38.8 Å². The van der Waals surface area contributed by atoms with Crippen molar-refractivity contribution < 1.29 is 10.1 Å². The molecule has 2 aliphatic rings. The van der Waals surface area contributed by atoms with E-state index in [0.717, 1.165) is 6.61 Å². The minimum atomic E-state index is 0.128. The van der Waals surface area contributed by atoms with Crippen LogP contribution >= 0.6 is 0 Å². The van der Waals surface area contributed by atoms with Crippen molar-refractivity contribution in [2.75, 3.05) is 19.7 Å². The van der Waals surface area contributed by atoms with E-state index in [-0.39, 0.29) is 5.60 Å². The van der Waals surface area contributed by atoms with Crippen LogP contribution < -0.4 is 5.32 Å². The molecule has 2 heterocycles. The van der Waals surface area contributed by atoms with Crippen LogP contribution in [0.4, 0.5) is 0 Å². The van der Waals surface area contributed by atoms with Crippen LogP contribution in [0.1, 0.15) is 39.5 Å². The van der Waals surface area contributed by atoms with Crippen LogP contribution in [0.3, 0.4) is 0 Å². The predicted octanol–water partition coefficient (Wildman–Crippen LogP) is 0.919. The van der Waals surface area contributed by atoms with Crippen molar-refractivity contribution in [3.63, 3.8) is 0 Å². The van der Waals surface area contributed by atoms with E-state index in [4.69, 9.17) is 4.74 Å². The van der Waals surface area contributed by atoms with Gasteiger partial charge < -0.3 is 10.1 Å². The minimum absolute atomic E-state index is 0.128. The molecule has 0 unspecified atom stereocenters. The Balaban J connectivity index is 2.04. The van der Waals surface area contributed by atoms with Crippen LogP contribution in [0.2, 0.25) is 0 Å². The minimum Gasteiger partial charge on any atom is -0.376 e. The number of piperidine rings is 1. The van der Waals surface area contributed by atoms with Gasteiger partial charge in [0, 0.05) is 12.0 Å². The summed E-state index contributed by atoms with van der Waals surface area (Å²) in [5, 5.41) is 2.49. The third-order valence-corrected chi connectivity index (χ3v) is 3.62. The molecule has 0 bridgehead atoms. The van der Waals surface area contributed by atoms with Gasteiger partial charge in [0.1, 0.15) is 0 Å². The molecule has 2 saturated heterocycles. The molecule has 0 aromatic carbocycles. The molecule has 76 valence electrons. The molecule has 0 aliphatic carbocycles. The van der Waals surface area contributed by atoms with Gasteiger partial charge in [-0.2, -0.15) is 0 Å². The van der Waals surface area contributed by atoms with Gasteiger partial charge in [-0.1, -0.05) is 0 Å². The highest BCUT2D eigenvalue weighted by atomic mass is 16.5. The highest BCUT2D eigenvalue weighted by Crippen LogP contribution is 2.41. The molecular formula is C11H22NO+. The van der Waals surface area contributed by atoms with Crippen LogP contribution in [0.25, 0.3) is 0 Å². The van der Waals surface area contributed by atoms with Crippen molar-refractivity contribution >= 4 is 0 Å². The molecule has 2 fully saturated rings. The maximum Gasteiger partial charge on any atom is 0.0814 e. The maximum atomic E-state index is 5.78. The third-order valence-electron chi connectivity index (χ3n) is 3.62. The van der Waals surface area contributed by atoms with Crippen LogP contribution in [0.15, 0.2) is 0 Å². The SMILES string of the molecule is CC1(C)C[C@@]2(CCC[NH2+]C2)CCO1. The molecule has 0 amide bonds. The quantitative estimate of drug-likeness (QED) is 0.595. The number of nitrogens with two attached hydrogens (primary N) is 1. The molecule has 0 saturated carbocycles. The molecule has 0 aromatic heterocycles. The lowest BCUT2D eigenvalue weighted by atomic mass is 9.70. The van der Waals surface area contributed by atoms with E-state index in [1.807, 2.05) is 0 Å². The second-order valence-corrected chi connectivity index (χ2v) is 5.42. The lowest BCUT2D eigenvalue weighted by molar-refractivity contribution is -0.678. The molecule has 2 aliphatic heterocycles. The van der Waals surface area contributed by atoms with Gasteiger partial charge in [0.2, 0.25) is 0 Å². The van der Waals surface area contributed by atoms with Crippen molar-refractivity contribution in [3.05, 3.63) is 0 Å². The Morgan fingerprint density at radius 3 is 2.69 bits per heavy atom. The summed E-state index contributed by atoms with van der Waals surface area (Å²) in [7, 11) is 0. The normalized spacial score (nSPS) is 39.2. The second kappa shape index (κ2) is 3.25. The average Bonchev–Trinajstić information content (AvgIpc) is 2.03. The highest BCUT2D eigenvalue weighted by molar-refractivity contribution is 4.90. The Bertz CT molecular complexity index is 177. The fourth-order valence-electron chi connectivity index (χ4n) is 3.11. The summed E-state index contributed by atoms with van der Waals surface area (Å²) < 4.78 is 5.78. The van der Waals surface area contributed by atoms with Gasteiger partial charge in [0.25, 0.3) is 0 Å². The predicted molar refractivity (Wildman–Crippen MR) is 52.6 cm³/mol. The van der Waals surface area contributed by atoms with Gasteiger partial charge in [0.15, 0.2) is 0 Å². The lowest BCUT2D eigenvalue weighted by Gasteiger charge is -2.45. The van der Waals surface area contributed by atoms with E-state index in [9.17, 15) is 0 Å². The first-order valence-corrected chi connectivity index (χ1v) is 5.58. The van der Waals surface area contributed by atoms with Gasteiger partial charge in [-0.05, 0) is 39.5 Å². The standard InChI is InChI=1S/C11H21NO/c1-10(2)8-11(5-7-13-10)4-3-6-12-9-11/h12H,3-9H2,1-2H3/p+1/t11-/m1/s1. The van der Waals surface area contributed by atoms with E-state index < -0.39 is 0 Å². The first kappa shape index (κ1) is 9.47. The zero-order valence-corrected chi connectivity index (χ0v) is 8.94. The molecule has 2 rings (SSSR count). The van der Waals surface area contributed by atoms with Gasteiger partial charge in [-0.15, -0.1) is 0 Å². The number of hydrogen-bond acceptors (Lipinski definition) is 1. The zero-order valence-electron chi connectivity index (χ0n) is 8.94. The van der Waals surface area contributed by atoms with Crippen molar-refractivity contribution in [1.82, 2.24) is 0 Å². The smallest absolute Gasteiger partial charge is 0.0814 e. The summed E-state index contributed by atoms with van der Waals surface area (Å²) in [6, 6.07) is 0. The van der Waals surface area contributed by atoms with Gasteiger partial charge in [0.05, 0.1) is 18.7 Å². The van der Waals surface area contributed by atoms with Crippen molar-refractivity contribution in [1.29, 1.82) is 0 Å². The Morgan fingerprint density at radius 2 is 2.08 bits per heavy atom. The largest absolute Gasteiger partial charge is 0.376 e.